The number of hydrogen-bond acceptors (Lipinski definition) is 3. The van der Waals surface area contributed by atoms with Gasteiger partial charge >= 0.3 is 0 Å². The van der Waals surface area contributed by atoms with Crippen LogP contribution in [-0.2, 0) is 0 Å². The molecule has 0 radical (unpaired) electrons. The van der Waals surface area contributed by atoms with Gasteiger partial charge in [0.15, 0.2) is 0 Å². The topological polar surface area (TPSA) is 38.7 Å². The molecule has 0 heterocycles. The highest BCUT2D eigenvalue weighted by atomic mass is 16.5. The van der Waals surface area contributed by atoms with Gasteiger partial charge in [-0.05, 0) is 47.4 Å². The van der Waals surface area contributed by atoms with Crippen molar-refractivity contribution in [2.45, 2.75) is 6.42 Å². The summed E-state index contributed by atoms with van der Waals surface area (Å²) in [4.78, 5) is 0. The van der Waals surface area contributed by atoms with Crippen LogP contribution in [0.2, 0.25) is 0 Å². The van der Waals surface area contributed by atoms with Crippen molar-refractivity contribution in [3.05, 3.63) is 65.7 Å². The van der Waals surface area contributed by atoms with Crippen LogP contribution in [0.5, 0.6) is 11.5 Å². The first-order valence-electron chi connectivity index (χ1n) is 6.88. The van der Waals surface area contributed by atoms with Gasteiger partial charge in [0.2, 0.25) is 0 Å². The highest BCUT2D eigenvalue weighted by Crippen LogP contribution is 2.27. The maximum absolute atomic E-state index is 9.09. The summed E-state index contributed by atoms with van der Waals surface area (Å²) < 4.78 is 10.4. The van der Waals surface area contributed by atoms with Gasteiger partial charge in [-0.15, -0.1) is 0 Å². The van der Waals surface area contributed by atoms with Crippen LogP contribution >= 0.6 is 0 Å². The Kier molecular flexibility index (Phi) is 5.41. The number of hydrogen-bond donors (Lipinski definition) is 1. The van der Waals surface area contributed by atoms with Gasteiger partial charge in [-0.3, -0.25) is 0 Å². The van der Waals surface area contributed by atoms with Gasteiger partial charge in [0.25, 0.3) is 0 Å². The minimum atomic E-state index is 0.135. The van der Waals surface area contributed by atoms with Crippen molar-refractivity contribution < 1.29 is 14.6 Å². The van der Waals surface area contributed by atoms with Crippen LogP contribution in [0.4, 0.5) is 0 Å². The number of benzene rings is 2. The van der Waals surface area contributed by atoms with Crippen LogP contribution in [0.3, 0.4) is 0 Å². The van der Waals surface area contributed by atoms with Crippen molar-refractivity contribution in [1.29, 1.82) is 0 Å². The Labute approximate surface area is 125 Å². The van der Waals surface area contributed by atoms with Gasteiger partial charge in [0, 0.05) is 6.61 Å². The largest absolute Gasteiger partial charge is 0.497 e. The molecular weight excluding hydrogens is 264 g/mol. The van der Waals surface area contributed by atoms with Crippen LogP contribution in [0.15, 0.2) is 54.6 Å². The van der Waals surface area contributed by atoms with Gasteiger partial charge in [-0.1, -0.05) is 30.3 Å². The van der Waals surface area contributed by atoms with E-state index in [9.17, 15) is 0 Å². The summed E-state index contributed by atoms with van der Waals surface area (Å²) in [6.45, 7) is 0.135. The molecule has 3 nitrogen and oxygen atoms in total. The fraction of sp³-hybridized carbons (Fsp3) is 0.222. The molecule has 0 amide bonds. The summed E-state index contributed by atoms with van der Waals surface area (Å²) in [5, 5.41) is 9.09. The van der Waals surface area contributed by atoms with Crippen molar-refractivity contribution in [2.75, 3.05) is 20.8 Å². The van der Waals surface area contributed by atoms with Crippen LogP contribution < -0.4 is 9.47 Å². The number of aliphatic hydroxyl groups excluding tert-OH is 1. The van der Waals surface area contributed by atoms with E-state index in [2.05, 4.69) is 0 Å². The summed E-state index contributed by atoms with van der Waals surface area (Å²) in [6.07, 6.45) is 2.66. The average molecular weight is 284 g/mol. The third-order valence-electron chi connectivity index (χ3n) is 3.28. The first-order valence-corrected chi connectivity index (χ1v) is 6.88. The Hall–Kier alpha value is -2.26. The fourth-order valence-corrected chi connectivity index (χ4v) is 2.15. The second-order valence-corrected chi connectivity index (χ2v) is 4.59. The highest BCUT2D eigenvalue weighted by molar-refractivity contribution is 5.80. The molecule has 0 aliphatic heterocycles. The molecule has 2 rings (SSSR count). The molecule has 21 heavy (non-hydrogen) atoms. The van der Waals surface area contributed by atoms with Crippen molar-refractivity contribution in [1.82, 2.24) is 0 Å². The van der Waals surface area contributed by atoms with Gasteiger partial charge in [-0.2, -0.15) is 0 Å². The Morgan fingerprint density at radius 1 is 0.857 bits per heavy atom. The minimum Gasteiger partial charge on any atom is -0.497 e. The maximum atomic E-state index is 9.09. The zero-order valence-electron chi connectivity index (χ0n) is 12.4. The van der Waals surface area contributed by atoms with Crippen LogP contribution in [-0.4, -0.2) is 25.9 Å². The van der Waals surface area contributed by atoms with Crippen molar-refractivity contribution in [3.8, 4) is 11.5 Å². The lowest BCUT2D eigenvalue weighted by Crippen LogP contribution is -1.91. The molecule has 110 valence electrons. The van der Waals surface area contributed by atoms with Gasteiger partial charge in [-0.25, -0.2) is 0 Å². The van der Waals surface area contributed by atoms with Crippen molar-refractivity contribution >= 4 is 5.57 Å². The molecule has 2 aromatic rings. The van der Waals surface area contributed by atoms with Crippen LogP contribution in [0.25, 0.3) is 5.57 Å². The molecule has 0 saturated heterocycles. The second-order valence-electron chi connectivity index (χ2n) is 4.59. The molecule has 0 atom stereocenters. The molecule has 3 heteroatoms. The van der Waals surface area contributed by atoms with Crippen molar-refractivity contribution in [3.63, 3.8) is 0 Å². The first-order chi connectivity index (χ1) is 10.3. The molecule has 2 aromatic carbocycles. The third-order valence-corrected chi connectivity index (χ3v) is 3.28. The Bertz CT molecular complexity index is 533. The molecule has 0 aliphatic rings. The molecule has 0 bridgehead atoms. The van der Waals surface area contributed by atoms with E-state index in [0.717, 1.165) is 28.2 Å². The predicted molar refractivity (Wildman–Crippen MR) is 84.8 cm³/mol. The number of aliphatic hydroxyl groups is 1. The second kappa shape index (κ2) is 7.50. The summed E-state index contributed by atoms with van der Waals surface area (Å²) in [5.41, 5.74) is 3.28. The van der Waals surface area contributed by atoms with Gasteiger partial charge in [0.1, 0.15) is 11.5 Å². The normalized spacial score (nSPS) is 10.0. The summed E-state index contributed by atoms with van der Waals surface area (Å²) in [7, 11) is 3.31. The van der Waals surface area contributed by atoms with E-state index in [0.29, 0.717) is 6.42 Å². The molecule has 0 spiro atoms. The molecular formula is C18H20O3. The summed E-state index contributed by atoms with van der Waals surface area (Å²) >= 11 is 0. The smallest absolute Gasteiger partial charge is 0.118 e. The van der Waals surface area contributed by atoms with E-state index in [-0.39, 0.29) is 6.61 Å². The van der Waals surface area contributed by atoms with Gasteiger partial charge in [0.05, 0.1) is 14.2 Å². The summed E-state index contributed by atoms with van der Waals surface area (Å²) in [6, 6.07) is 15.8. The fourth-order valence-electron chi connectivity index (χ4n) is 2.15. The molecule has 0 aromatic heterocycles. The van der Waals surface area contributed by atoms with E-state index < -0.39 is 0 Å². The standard InChI is InChI=1S/C18H20O3/c1-20-16-9-5-14(6-10-16)18(4-3-13-19)15-7-11-17(21-2)12-8-15/h4-12,19H,3,13H2,1-2H3. The van der Waals surface area contributed by atoms with E-state index in [4.69, 9.17) is 14.6 Å². The predicted octanol–water partition coefficient (Wildman–Crippen LogP) is 3.52. The maximum Gasteiger partial charge on any atom is 0.118 e. The zero-order valence-corrected chi connectivity index (χ0v) is 12.4. The van der Waals surface area contributed by atoms with Gasteiger partial charge < -0.3 is 14.6 Å². The highest BCUT2D eigenvalue weighted by Gasteiger charge is 2.05. The number of methoxy groups -OCH3 is 2. The van der Waals surface area contributed by atoms with E-state index in [1.807, 2.05) is 54.6 Å². The Balaban J connectivity index is 2.36. The first kappa shape index (κ1) is 15.1. The van der Waals surface area contributed by atoms with E-state index in [1.54, 1.807) is 14.2 Å². The lowest BCUT2D eigenvalue weighted by Gasteiger charge is -2.10. The third kappa shape index (κ3) is 3.86. The Morgan fingerprint density at radius 3 is 1.62 bits per heavy atom. The van der Waals surface area contributed by atoms with Crippen molar-refractivity contribution in [2.24, 2.45) is 0 Å². The minimum absolute atomic E-state index is 0.135. The lowest BCUT2D eigenvalue weighted by atomic mass is 9.97. The lowest BCUT2D eigenvalue weighted by molar-refractivity contribution is 0.303. The average Bonchev–Trinajstić information content (AvgIpc) is 2.56. The monoisotopic (exact) mass is 284 g/mol. The summed E-state index contributed by atoms with van der Waals surface area (Å²) in [5.74, 6) is 1.66. The molecule has 0 unspecified atom stereocenters. The molecule has 0 aliphatic carbocycles. The number of ether oxygens (including phenoxy) is 2. The quantitative estimate of drug-likeness (QED) is 0.882. The van der Waals surface area contributed by atoms with E-state index in [1.165, 1.54) is 0 Å². The van der Waals surface area contributed by atoms with Crippen LogP contribution in [0.1, 0.15) is 17.5 Å². The Morgan fingerprint density at radius 2 is 1.29 bits per heavy atom. The SMILES string of the molecule is COc1ccc(C(=CCCO)c2ccc(OC)cc2)cc1. The van der Waals surface area contributed by atoms with E-state index >= 15 is 0 Å². The zero-order chi connectivity index (χ0) is 15.1. The number of rotatable bonds is 6. The molecule has 1 N–H and O–H groups in total. The van der Waals surface area contributed by atoms with Crippen LogP contribution in [0, 0.1) is 0 Å². The molecule has 0 saturated carbocycles. The molecule has 0 fully saturated rings.